The second-order valence-corrected chi connectivity index (χ2v) is 8.00. The van der Waals surface area contributed by atoms with Gasteiger partial charge in [0.15, 0.2) is 0 Å². The van der Waals surface area contributed by atoms with Crippen molar-refractivity contribution in [2.45, 2.75) is 32.4 Å². The summed E-state index contributed by atoms with van der Waals surface area (Å²) < 4.78 is 5.87. The molecule has 1 saturated heterocycles. The molecule has 3 aromatic rings. The van der Waals surface area contributed by atoms with Crippen molar-refractivity contribution in [3.8, 4) is 5.75 Å². The Bertz CT molecular complexity index is 892. The fourth-order valence-electron chi connectivity index (χ4n) is 4.00. The van der Waals surface area contributed by atoms with Crippen LogP contribution in [0.5, 0.6) is 5.75 Å². The highest BCUT2D eigenvalue weighted by Crippen LogP contribution is 2.23. The third kappa shape index (κ3) is 5.46. The SMILES string of the molecule is Cc1cc(C[C@@H]2CN(Cc3ccc(OCCc4ccccc4)cc3)C[C@H]2O)n[nH]1. The first-order chi connectivity index (χ1) is 14.2. The number of aromatic nitrogens is 2. The van der Waals surface area contributed by atoms with Gasteiger partial charge >= 0.3 is 0 Å². The van der Waals surface area contributed by atoms with Crippen molar-refractivity contribution in [3.63, 3.8) is 0 Å². The lowest BCUT2D eigenvalue weighted by molar-refractivity contribution is 0.140. The summed E-state index contributed by atoms with van der Waals surface area (Å²) in [6.45, 7) is 5.13. The third-order valence-electron chi connectivity index (χ3n) is 5.54. The van der Waals surface area contributed by atoms with Crippen LogP contribution in [0.2, 0.25) is 0 Å². The molecule has 2 heterocycles. The van der Waals surface area contributed by atoms with E-state index in [1.54, 1.807) is 0 Å². The van der Waals surface area contributed by atoms with Gasteiger partial charge in [0.25, 0.3) is 0 Å². The van der Waals surface area contributed by atoms with E-state index in [2.05, 4.69) is 57.6 Å². The van der Waals surface area contributed by atoms with Crippen molar-refractivity contribution in [2.24, 2.45) is 5.92 Å². The Morgan fingerprint density at radius 1 is 1.07 bits per heavy atom. The fraction of sp³-hybridized carbons (Fsp3) is 0.375. The minimum atomic E-state index is -0.299. The maximum atomic E-state index is 10.4. The van der Waals surface area contributed by atoms with Crippen molar-refractivity contribution >= 4 is 0 Å². The average Bonchev–Trinajstić information content (AvgIpc) is 3.29. The van der Waals surface area contributed by atoms with E-state index in [-0.39, 0.29) is 12.0 Å². The second-order valence-electron chi connectivity index (χ2n) is 8.00. The second kappa shape index (κ2) is 9.25. The Kier molecular flexibility index (Phi) is 6.27. The molecule has 2 atom stereocenters. The first kappa shape index (κ1) is 19.7. The van der Waals surface area contributed by atoms with Gasteiger partial charge in [-0.2, -0.15) is 5.10 Å². The van der Waals surface area contributed by atoms with Crippen LogP contribution in [-0.4, -0.2) is 46.0 Å². The molecule has 1 fully saturated rings. The lowest BCUT2D eigenvalue weighted by Gasteiger charge is -2.16. The predicted octanol–water partition coefficient (Wildman–Crippen LogP) is 3.38. The number of H-pyrrole nitrogens is 1. The first-order valence-corrected chi connectivity index (χ1v) is 10.3. The molecule has 4 rings (SSSR count). The van der Waals surface area contributed by atoms with E-state index in [0.717, 1.165) is 43.1 Å². The number of hydrogen-bond donors (Lipinski definition) is 2. The van der Waals surface area contributed by atoms with Crippen LogP contribution in [0.1, 0.15) is 22.5 Å². The summed E-state index contributed by atoms with van der Waals surface area (Å²) in [7, 11) is 0. The summed E-state index contributed by atoms with van der Waals surface area (Å²) in [5, 5.41) is 17.7. The van der Waals surface area contributed by atoms with E-state index in [1.807, 2.05) is 25.1 Å². The number of β-amino-alcohol motifs (C(OH)–C–C–N with tert-alkyl or cyclic N) is 1. The Morgan fingerprint density at radius 2 is 1.86 bits per heavy atom. The summed E-state index contributed by atoms with van der Waals surface area (Å²) in [5.74, 6) is 1.14. The molecule has 0 saturated carbocycles. The number of aliphatic hydroxyl groups is 1. The summed E-state index contributed by atoms with van der Waals surface area (Å²) >= 11 is 0. The molecule has 5 heteroatoms. The quantitative estimate of drug-likeness (QED) is 0.618. The topological polar surface area (TPSA) is 61.4 Å². The largest absolute Gasteiger partial charge is 0.493 e. The number of ether oxygens (including phenoxy) is 1. The van der Waals surface area contributed by atoms with Crippen LogP contribution < -0.4 is 4.74 Å². The van der Waals surface area contributed by atoms with Gasteiger partial charge in [-0.05, 0) is 42.7 Å². The summed E-state index contributed by atoms with van der Waals surface area (Å²) in [5.41, 5.74) is 4.63. The van der Waals surface area contributed by atoms with E-state index in [4.69, 9.17) is 4.74 Å². The Hall–Kier alpha value is -2.63. The van der Waals surface area contributed by atoms with Gasteiger partial charge in [0, 0.05) is 37.7 Å². The van der Waals surface area contributed by atoms with Crippen LogP contribution in [0.4, 0.5) is 0 Å². The van der Waals surface area contributed by atoms with Crippen molar-refractivity contribution in [1.29, 1.82) is 0 Å². The van der Waals surface area contributed by atoms with Gasteiger partial charge < -0.3 is 9.84 Å². The van der Waals surface area contributed by atoms with Crippen LogP contribution in [0.3, 0.4) is 0 Å². The number of likely N-dealkylation sites (tertiary alicyclic amines) is 1. The number of nitrogens with one attached hydrogen (secondary N) is 1. The molecule has 152 valence electrons. The molecule has 2 aromatic carbocycles. The van der Waals surface area contributed by atoms with E-state index in [0.29, 0.717) is 13.2 Å². The third-order valence-corrected chi connectivity index (χ3v) is 5.54. The van der Waals surface area contributed by atoms with Gasteiger partial charge in [0.1, 0.15) is 5.75 Å². The first-order valence-electron chi connectivity index (χ1n) is 10.3. The lowest BCUT2D eigenvalue weighted by atomic mass is 10.0. The monoisotopic (exact) mass is 391 g/mol. The molecule has 0 aliphatic carbocycles. The van der Waals surface area contributed by atoms with Crippen LogP contribution >= 0.6 is 0 Å². The number of aryl methyl sites for hydroxylation is 1. The number of benzene rings is 2. The highest BCUT2D eigenvalue weighted by Gasteiger charge is 2.31. The van der Waals surface area contributed by atoms with Gasteiger partial charge in [-0.25, -0.2) is 0 Å². The molecule has 1 aromatic heterocycles. The average molecular weight is 392 g/mol. The van der Waals surface area contributed by atoms with Crippen molar-refractivity contribution < 1.29 is 9.84 Å². The number of aliphatic hydroxyl groups excluding tert-OH is 1. The van der Waals surface area contributed by atoms with E-state index < -0.39 is 0 Å². The molecule has 0 bridgehead atoms. The summed E-state index contributed by atoms with van der Waals surface area (Å²) in [4.78, 5) is 2.32. The Balaban J connectivity index is 1.24. The molecule has 2 N–H and O–H groups in total. The Labute approximate surface area is 172 Å². The molecular weight excluding hydrogens is 362 g/mol. The highest BCUT2D eigenvalue weighted by atomic mass is 16.5. The van der Waals surface area contributed by atoms with Crippen LogP contribution in [0.25, 0.3) is 0 Å². The van der Waals surface area contributed by atoms with Crippen LogP contribution in [0, 0.1) is 12.8 Å². The fourth-order valence-corrected chi connectivity index (χ4v) is 4.00. The minimum Gasteiger partial charge on any atom is -0.493 e. The summed E-state index contributed by atoms with van der Waals surface area (Å²) in [6.07, 6.45) is 1.43. The molecule has 0 amide bonds. The smallest absolute Gasteiger partial charge is 0.119 e. The van der Waals surface area contributed by atoms with Crippen molar-refractivity contribution in [3.05, 3.63) is 83.2 Å². The molecule has 29 heavy (non-hydrogen) atoms. The van der Waals surface area contributed by atoms with Crippen LogP contribution in [0.15, 0.2) is 60.7 Å². The number of hydrogen-bond acceptors (Lipinski definition) is 4. The van der Waals surface area contributed by atoms with Crippen LogP contribution in [-0.2, 0) is 19.4 Å². The number of nitrogens with zero attached hydrogens (tertiary/aromatic N) is 2. The molecule has 1 aliphatic rings. The molecule has 0 spiro atoms. The summed E-state index contributed by atoms with van der Waals surface area (Å²) in [6, 6.07) is 20.8. The number of rotatable bonds is 8. The van der Waals surface area contributed by atoms with Gasteiger partial charge in [0.2, 0.25) is 0 Å². The zero-order valence-electron chi connectivity index (χ0n) is 16.9. The van der Waals surface area contributed by atoms with E-state index in [9.17, 15) is 5.11 Å². The van der Waals surface area contributed by atoms with Crippen molar-refractivity contribution in [2.75, 3.05) is 19.7 Å². The zero-order chi connectivity index (χ0) is 20.1. The molecule has 1 aliphatic heterocycles. The predicted molar refractivity (Wildman–Crippen MR) is 114 cm³/mol. The molecule has 0 unspecified atom stereocenters. The maximum absolute atomic E-state index is 10.4. The highest BCUT2D eigenvalue weighted by molar-refractivity contribution is 5.27. The molecule has 0 radical (unpaired) electrons. The van der Waals surface area contributed by atoms with Gasteiger partial charge in [-0.15, -0.1) is 0 Å². The van der Waals surface area contributed by atoms with E-state index >= 15 is 0 Å². The normalized spacial score (nSPS) is 19.5. The maximum Gasteiger partial charge on any atom is 0.119 e. The van der Waals surface area contributed by atoms with Crippen molar-refractivity contribution in [1.82, 2.24) is 15.1 Å². The lowest BCUT2D eigenvalue weighted by Crippen LogP contribution is -2.21. The Morgan fingerprint density at radius 3 is 2.59 bits per heavy atom. The van der Waals surface area contributed by atoms with Gasteiger partial charge in [-0.1, -0.05) is 42.5 Å². The number of aromatic amines is 1. The minimum absolute atomic E-state index is 0.235. The standard InChI is InChI=1S/C24H29N3O2/c1-18-13-22(26-25-18)14-21-16-27(17-24(21)28)15-20-7-9-23(10-8-20)29-12-11-19-5-3-2-4-6-19/h2-10,13,21,24,28H,11-12,14-17H2,1H3,(H,25,26)/t21-,24-/m1/s1. The molecular formula is C24H29N3O2. The zero-order valence-corrected chi connectivity index (χ0v) is 16.9. The van der Waals surface area contributed by atoms with E-state index in [1.165, 1.54) is 11.1 Å². The van der Waals surface area contributed by atoms with Gasteiger partial charge in [0.05, 0.1) is 18.4 Å². The van der Waals surface area contributed by atoms with Gasteiger partial charge in [-0.3, -0.25) is 10.00 Å². The molecule has 5 nitrogen and oxygen atoms in total.